The number of anilines is 1. The van der Waals surface area contributed by atoms with Gasteiger partial charge in [-0.05, 0) is 56.7 Å². The maximum absolute atomic E-state index is 13.7. The minimum atomic E-state index is -0.299. The zero-order chi connectivity index (χ0) is 15.4. The van der Waals surface area contributed by atoms with Gasteiger partial charge in [-0.2, -0.15) is 0 Å². The van der Waals surface area contributed by atoms with Gasteiger partial charge in [0.05, 0.1) is 6.10 Å². The highest BCUT2D eigenvalue weighted by Gasteiger charge is 2.05. The van der Waals surface area contributed by atoms with Gasteiger partial charge in [-0.3, -0.25) is 0 Å². The molecule has 0 amide bonds. The minimum Gasteiger partial charge on any atom is -0.491 e. The maximum Gasteiger partial charge on any atom is 0.129 e. The molecule has 4 heteroatoms. The molecule has 0 atom stereocenters. The van der Waals surface area contributed by atoms with E-state index in [0.717, 1.165) is 17.0 Å². The lowest BCUT2D eigenvalue weighted by Crippen LogP contribution is -2.07. The smallest absolute Gasteiger partial charge is 0.129 e. The van der Waals surface area contributed by atoms with Crippen molar-refractivity contribution in [3.8, 4) is 5.75 Å². The highest BCUT2D eigenvalue weighted by molar-refractivity contribution is 6.30. The standard InChI is InChI=1S/C17H19ClFNO/c1-11(2)21-15-6-7-17(12(3)8-15)20-10-13-4-5-14(18)9-16(13)19/h4-9,11,20H,10H2,1-3H3. The molecule has 0 saturated carbocycles. The first-order valence-electron chi connectivity index (χ1n) is 6.91. The van der Waals surface area contributed by atoms with Crippen molar-refractivity contribution in [3.63, 3.8) is 0 Å². The first kappa shape index (κ1) is 15.6. The fraction of sp³-hybridized carbons (Fsp3) is 0.294. The second-order valence-corrected chi connectivity index (χ2v) is 5.67. The lowest BCUT2D eigenvalue weighted by Gasteiger charge is -2.14. The third-order valence-electron chi connectivity index (χ3n) is 3.05. The third kappa shape index (κ3) is 4.36. The summed E-state index contributed by atoms with van der Waals surface area (Å²) in [5.41, 5.74) is 2.60. The van der Waals surface area contributed by atoms with Crippen LogP contribution in [0.25, 0.3) is 0 Å². The Labute approximate surface area is 129 Å². The zero-order valence-corrected chi connectivity index (χ0v) is 13.2. The molecule has 0 heterocycles. The SMILES string of the molecule is Cc1cc(OC(C)C)ccc1NCc1ccc(Cl)cc1F. The van der Waals surface area contributed by atoms with Crippen LogP contribution in [0.3, 0.4) is 0 Å². The van der Waals surface area contributed by atoms with Gasteiger partial charge in [-0.15, -0.1) is 0 Å². The summed E-state index contributed by atoms with van der Waals surface area (Å²) in [5.74, 6) is 0.540. The number of hydrogen-bond acceptors (Lipinski definition) is 2. The fourth-order valence-corrected chi connectivity index (χ4v) is 2.19. The molecule has 2 nitrogen and oxygen atoms in total. The van der Waals surface area contributed by atoms with Crippen molar-refractivity contribution in [2.75, 3.05) is 5.32 Å². The van der Waals surface area contributed by atoms with E-state index in [1.54, 1.807) is 12.1 Å². The Morgan fingerprint density at radius 1 is 1.19 bits per heavy atom. The van der Waals surface area contributed by atoms with Crippen LogP contribution in [0, 0.1) is 12.7 Å². The number of aryl methyl sites for hydroxylation is 1. The van der Waals surface area contributed by atoms with Crippen LogP contribution in [0.2, 0.25) is 5.02 Å². The Hall–Kier alpha value is -1.74. The van der Waals surface area contributed by atoms with Gasteiger partial charge in [-0.25, -0.2) is 4.39 Å². The van der Waals surface area contributed by atoms with E-state index in [-0.39, 0.29) is 11.9 Å². The number of halogens is 2. The summed E-state index contributed by atoms with van der Waals surface area (Å²) in [6.45, 7) is 6.39. The summed E-state index contributed by atoms with van der Waals surface area (Å²) in [6, 6.07) is 10.5. The van der Waals surface area contributed by atoms with E-state index in [2.05, 4.69) is 5.32 Å². The molecule has 1 N–H and O–H groups in total. The molecule has 0 aliphatic rings. The van der Waals surface area contributed by atoms with Crippen molar-refractivity contribution >= 4 is 17.3 Å². The molecule has 0 spiro atoms. The van der Waals surface area contributed by atoms with Crippen molar-refractivity contribution in [1.29, 1.82) is 0 Å². The topological polar surface area (TPSA) is 21.3 Å². The predicted octanol–water partition coefficient (Wildman–Crippen LogP) is 5.19. The van der Waals surface area contributed by atoms with E-state index >= 15 is 0 Å². The molecule has 0 aliphatic heterocycles. The van der Waals surface area contributed by atoms with Crippen LogP contribution in [0.4, 0.5) is 10.1 Å². The van der Waals surface area contributed by atoms with E-state index in [1.807, 2.05) is 39.0 Å². The average molecular weight is 308 g/mol. The molecule has 0 bridgehead atoms. The molecule has 0 fully saturated rings. The maximum atomic E-state index is 13.7. The zero-order valence-electron chi connectivity index (χ0n) is 12.4. The molecule has 2 rings (SSSR count). The Balaban J connectivity index is 2.06. The predicted molar refractivity (Wildman–Crippen MR) is 85.7 cm³/mol. The number of rotatable bonds is 5. The van der Waals surface area contributed by atoms with Gasteiger partial charge in [0.15, 0.2) is 0 Å². The van der Waals surface area contributed by atoms with Gasteiger partial charge < -0.3 is 10.1 Å². The Morgan fingerprint density at radius 3 is 2.57 bits per heavy atom. The molecule has 21 heavy (non-hydrogen) atoms. The van der Waals surface area contributed by atoms with Crippen LogP contribution in [0.15, 0.2) is 36.4 Å². The van der Waals surface area contributed by atoms with Gasteiger partial charge in [-0.1, -0.05) is 17.7 Å². The van der Waals surface area contributed by atoms with Crippen LogP contribution in [-0.4, -0.2) is 6.10 Å². The highest BCUT2D eigenvalue weighted by Crippen LogP contribution is 2.23. The largest absolute Gasteiger partial charge is 0.491 e. The van der Waals surface area contributed by atoms with Crippen molar-refractivity contribution in [2.45, 2.75) is 33.4 Å². The summed E-state index contributed by atoms with van der Waals surface area (Å²) < 4.78 is 19.4. The first-order chi connectivity index (χ1) is 9.95. The van der Waals surface area contributed by atoms with Gasteiger partial charge >= 0.3 is 0 Å². The third-order valence-corrected chi connectivity index (χ3v) is 3.29. The van der Waals surface area contributed by atoms with E-state index in [0.29, 0.717) is 17.1 Å². The fourth-order valence-electron chi connectivity index (χ4n) is 2.04. The van der Waals surface area contributed by atoms with Gasteiger partial charge in [0.1, 0.15) is 11.6 Å². The Bertz CT molecular complexity index is 628. The molecular formula is C17H19ClFNO. The summed E-state index contributed by atoms with van der Waals surface area (Å²) in [5, 5.41) is 3.64. The number of nitrogens with one attached hydrogen (secondary N) is 1. The van der Waals surface area contributed by atoms with Crippen molar-refractivity contribution < 1.29 is 9.13 Å². The number of ether oxygens (including phenoxy) is 1. The summed E-state index contributed by atoms with van der Waals surface area (Å²) in [6.07, 6.45) is 0.145. The molecule has 0 radical (unpaired) electrons. The van der Waals surface area contributed by atoms with Gasteiger partial charge in [0, 0.05) is 22.8 Å². The second kappa shape index (κ2) is 6.81. The van der Waals surface area contributed by atoms with E-state index < -0.39 is 0 Å². The summed E-state index contributed by atoms with van der Waals surface area (Å²) in [4.78, 5) is 0. The van der Waals surface area contributed by atoms with E-state index in [4.69, 9.17) is 16.3 Å². The normalized spacial score (nSPS) is 10.8. The van der Waals surface area contributed by atoms with Crippen LogP contribution in [0.5, 0.6) is 5.75 Å². The quantitative estimate of drug-likeness (QED) is 0.821. The number of benzene rings is 2. The number of hydrogen-bond donors (Lipinski definition) is 1. The summed E-state index contributed by atoms with van der Waals surface area (Å²) >= 11 is 5.74. The van der Waals surface area contributed by atoms with Crippen molar-refractivity contribution in [3.05, 3.63) is 58.4 Å². The second-order valence-electron chi connectivity index (χ2n) is 5.23. The minimum absolute atomic E-state index is 0.145. The van der Waals surface area contributed by atoms with Crippen molar-refractivity contribution in [2.24, 2.45) is 0 Å². The summed E-state index contributed by atoms with van der Waals surface area (Å²) in [7, 11) is 0. The molecule has 2 aromatic carbocycles. The lowest BCUT2D eigenvalue weighted by atomic mass is 10.1. The average Bonchev–Trinajstić information content (AvgIpc) is 2.39. The van der Waals surface area contributed by atoms with Crippen LogP contribution >= 0.6 is 11.6 Å². The van der Waals surface area contributed by atoms with E-state index in [1.165, 1.54) is 6.07 Å². The first-order valence-corrected chi connectivity index (χ1v) is 7.28. The highest BCUT2D eigenvalue weighted by atomic mass is 35.5. The molecular weight excluding hydrogens is 289 g/mol. The van der Waals surface area contributed by atoms with Crippen LogP contribution in [0.1, 0.15) is 25.0 Å². The van der Waals surface area contributed by atoms with Gasteiger partial charge in [0.25, 0.3) is 0 Å². The molecule has 0 unspecified atom stereocenters. The van der Waals surface area contributed by atoms with Crippen LogP contribution in [-0.2, 0) is 6.54 Å². The molecule has 2 aromatic rings. The molecule has 0 saturated heterocycles. The van der Waals surface area contributed by atoms with E-state index in [9.17, 15) is 4.39 Å². The molecule has 112 valence electrons. The van der Waals surface area contributed by atoms with Gasteiger partial charge in [0.2, 0.25) is 0 Å². The molecule has 0 aromatic heterocycles. The Morgan fingerprint density at radius 2 is 1.95 bits per heavy atom. The monoisotopic (exact) mass is 307 g/mol. The van der Waals surface area contributed by atoms with Crippen LogP contribution < -0.4 is 10.1 Å². The lowest BCUT2D eigenvalue weighted by molar-refractivity contribution is 0.242. The molecule has 0 aliphatic carbocycles. The Kier molecular flexibility index (Phi) is 5.07. The van der Waals surface area contributed by atoms with Crippen molar-refractivity contribution in [1.82, 2.24) is 0 Å².